The summed E-state index contributed by atoms with van der Waals surface area (Å²) in [5, 5.41) is 11.2. The molecule has 5 heteroatoms. The van der Waals surface area contributed by atoms with Gasteiger partial charge in [-0.3, -0.25) is 0 Å². The molecule has 1 aromatic heterocycles. The van der Waals surface area contributed by atoms with Gasteiger partial charge in [-0.1, -0.05) is 36.4 Å². The summed E-state index contributed by atoms with van der Waals surface area (Å²) in [4.78, 5) is 4.39. The zero-order valence-corrected chi connectivity index (χ0v) is 10.6. The number of rotatable bonds is 5. The minimum Gasteiger partial charge on any atom is -0.348 e. The first kappa shape index (κ1) is 12.1. The molecule has 0 fully saturated rings. The standard InChI is InChI=1S/C10H15BrN4/c1-4-8-9(5-2)14-15-10(13-8)12-6-7(3)11/h3-6H2,1-2H3,(H,12,13,15). The van der Waals surface area contributed by atoms with Gasteiger partial charge in [0.05, 0.1) is 11.4 Å². The molecule has 0 saturated carbocycles. The zero-order chi connectivity index (χ0) is 11.3. The average Bonchev–Trinajstić information content (AvgIpc) is 2.25. The van der Waals surface area contributed by atoms with Crippen LogP contribution in [0.5, 0.6) is 0 Å². The van der Waals surface area contributed by atoms with E-state index in [0.29, 0.717) is 12.5 Å². The van der Waals surface area contributed by atoms with Gasteiger partial charge in [-0.2, -0.15) is 5.10 Å². The first-order chi connectivity index (χ1) is 7.17. The molecule has 0 radical (unpaired) electrons. The van der Waals surface area contributed by atoms with E-state index >= 15 is 0 Å². The Labute approximate surface area is 98.3 Å². The fraction of sp³-hybridized carbons (Fsp3) is 0.500. The van der Waals surface area contributed by atoms with Crippen LogP contribution in [0.2, 0.25) is 0 Å². The Kier molecular flexibility index (Phi) is 4.68. The summed E-state index contributed by atoms with van der Waals surface area (Å²) in [6, 6.07) is 0. The third-order valence-electron chi connectivity index (χ3n) is 1.95. The zero-order valence-electron chi connectivity index (χ0n) is 9.05. The van der Waals surface area contributed by atoms with Crippen molar-refractivity contribution in [1.82, 2.24) is 15.2 Å². The average molecular weight is 271 g/mol. The fourth-order valence-electron chi connectivity index (χ4n) is 1.19. The molecule has 1 N–H and O–H groups in total. The van der Waals surface area contributed by atoms with Gasteiger partial charge in [0.25, 0.3) is 0 Å². The molecule has 0 aliphatic rings. The van der Waals surface area contributed by atoms with Crippen molar-refractivity contribution in [2.45, 2.75) is 26.7 Å². The van der Waals surface area contributed by atoms with E-state index in [0.717, 1.165) is 28.7 Å². The van der Waals surface area contributed by atoms with E-state index in [1.165, 1.54) is 0 Å². The summed E-state index contributed by atoms with van der Waals surface area (Å²) in [5.41, 5.74) is 1.98. The molecule has 4 nitrogen and oxygen atoms in total. The van der Waals surface area contributed by atoms with E-state index in [1.54, 1.807) is 0 Å². The Hall–Kier alpha value is -0.970. The van der Waals surface area contributed by atoms with Crippen LogP contribution in [0.1, 0.15) is 25.2 Å². The summed E-state index contributed by atoms with van der Waals surface area (Å²) in [6.07, 6.45) is 1.75. The smallest absolute Gasteiger partial charge is 0.243 e. The van der Waals surface area contributed by atoms with Crippen molar-refractivity contribution in [2.24, 2.45) is 0 Å². The van der Waals surface area contributed by atoms with E-state index in [1.807, 2.05) is 0 Å². The van der Waals surface area contributed by atoms with Crippen LogP contribution in [-0.4, -0.2) is 21.7 Å². The van der Waals surface area contributed by atoms with Crippen molar-refractivity contribution in [3.8, 4) is 0 Å². The normalized spacial score (nSPS) is 10.1. The van der Waals surface area contributed by atoms with Crippen molar-refractivity contribution >= 4 is 21.9 Å². The second-order valence-electron chi connectivity index (χ2n) is 3.11. The molecule has 0 saturated heterocycles. The van der Waals surface area contributed by atoms with Gasteiger partial charge in [-0.05, 0) is 12.8 Å². The maximum atomic E-state index is 4.39. The number of nitrogens with zero attached hydrogens (tertiary/aromatic N) is 3. The molecule has 1 rings (SSSR count). The molecule has 0 unspecified atom stereocenters. The maximum Gasteiger partial charge on any atom is 0.243 e. The van der Waals surface area contributed by atoms with Crippen LogP contribution in [-0.2, 0) is 12.8 Å². The van der Waals surface area contributed by atoms with E-state index in [2.05, 4.69) is 56.9 Å². The predicted octanol–water partition coefficient (Wildman–Crippen LogP) is 2.32. The summed E-state index contributed by atoms with van der Waals surface area (Å²) >= 11 is 3.26. The lowest BCUT2D eigenvalue weighted by atomic mass is 10.2. The first-order valence-electron chi connectivity index (χ1n) is 4.97. The monoisotopic (exact) mass is 270 g/mol. The van der Waals surface area contributed by atoms with Crippen LogP contribution in [0.3, 0.4) is 0 Å². The minimum absolute atomic E-state index is 0.560. The van der Waals surface area contributed by atoms with E-state index in [4.69, 9.17) is 0 Å². The van der Waals surface area contributed by atoms with Crippen LogP contribution in [0.25, 0.3) is 0 Å². The van der Waals surface area contributed by atoms with Crippen LogP contribution >= 0.6 is 15.9 Å². The summed E-state index contributed by atoms with van der Waals surface area (Å²) in [7, 11) is 0. The molecular weight excluding hydrogens is 256 g/mol. The summed E-state index contributed by atoms with van der Waals surface area (Å²) in [6.45, 7) is 8.45. The van der Waals surface area contributed by atoms with Crippen molar-refractivity contribution in [3.63, 3.8) is 0 Å². The third-order valence-corrected chi connectivity index (χ3v) is 2.23. The Morgan fingerprint density at radius 3 is 2.47 bits per heavy atom. The van der Waals surface area contributed by atoms with E-state index in [9.17, 15) is 0 Å². The first-order valence-corrected chi connectivity index (χ1v) is 5.76. The number of hydrogen-bond acceptors (Lipinski definition) is 4. The lowest BCUT2D eigenvalue weighted by Gasteiger charge is -2.06. The second kappa shape index (κ2) is 5.80. The van der Waals surface area contributed by atoms with Crippen LogP contribution in [0.4, 0.5) is 5.95 Å². The molecule has 0 aromatic carbocycles. The molecule has 15 heavy (non-hydrogen) atoms. The third kappa shape index (κ3) is 3.58. The number of aromatic nitrogens is 3. The van der Waals surface area contributed by atoms with Crippen molar-refractivity contribution in [3.05, 3.63) is 22.4 Å². The number of hydrogen-bond donors (Lipinski definition) is 1. The predicted molar refractivity (Wildman–Crippen MR) is 65.1 cm³/mol. The van der Waals surface area contributed by atoms with Crippen molar-refractivity contribution < 1.29 is 0 Å². The quantitative estimate of drug-likeness (QED) is 0.892. The Bertz CT molecular complexity index is 351. The Morgan fingerprint density at radius 1 is 1.27 bits per heavy atom. The summed E-state index contributed by atoms with van der Waals surface area (Å²) in [5.74, 6) is 0.560. The molecule has 0 atom stereocenters. The van der Waals surface area contributed by atoms with Gasteiger partial charge in [0.2, 0.25) is 5.95 Å². The fourth-order valence-corrected chi connectivity index (χ4v) is 1.33. The van der Waals surface area contributed by atoms with Gasteiger partial charge >= 0.3 is 0 Å². The molecule has 0 bridgehead atoms. The highest BCUT2D eigenvalue weighted by atomic mass is 79.9. The Balaban J connectivity index is 2.78. The lowest BCUT2D eigenvalue weighted by Crippen LogP contribution is -2.10. The number of nitrogens with one attached hydrogen (secondary N) is 1. The van der Waals surface area contributed by atoms with Gasteiger partial charge in [-0.15, -0.1) is 5.10 Å². The molecule has 0 aliphatic heterocycles. The van der Waals surface area contributed by atoms with Crippen molar-refractivity contribution in [2.75, 3.05) is 11.9 Å². The molecule has 1 aromatic rings. The second-order valence-corrected chi connectivity index (χ2v) is 4.23. The van der Waals surface area contributed by atoms with Gasteiger partial charge in [0.1, 0.15) is 0 Å². The lowest BCUT2D eigenvalue weighted by molar-refractivity contribution is 0.824. The molecule has 0 aliphatic carbocycles. The van der Waals surface area contributed by atoms with E-state index < -0.39 is 0 Å². The van der Waals surface area contributed by atoms with Crippen LogP contribution < -0.4 is 5.32 Å². The minimum atomic E-state index is 0.560. The number of anilines is 1. The summed E-state index contributed by atoms with van der Waals surface area (Å²) < 4.78 is 0.865. The number of halogens is 1. The molecule has 1 heterocycles. The van der Waals surface area contributed by atoms with E-state index in [-0.39, 0.29) is 0 Å². The Morgan fingerprint density at radius 2 is 1.93 bits per heavy atom. The molecular formula is C10H15BrN4. The topological polar surface area (TPSA) is 50.7 Å². The highest BCUT2D eigenvalue weighted by Crippen LogP contribution is 2.08. The molecule has 0 spiro atoms. The maximum absolute atomic E-state index is 4.39. The highest BCUT2D eigenvalue weighted by Gasteiger charge is 2.05. The van der Waals surface area contributed by atoms with Crippen molar-refractivity contribution in [1.29, 1.82) is 0 Å². The van der Waals surface area contributed by atoms with Gasteiger partial charge in [0.15, 0.2) is 0 Å². The molecule has 82 valence electrons. The highest BCUT2D eigenvalue weighted by molar-refractivity contribution is 9.11. The van der Waals surface area contributed by atoms with Gasteiger partial charge < -0.3 is 5.32 Å². The largest absolute Gasteiger partial charge is 0.348 e. The number of aryl methyl sites for hydroxylation is 2. The van der Waals surface area contributed by atoms with Gasteiger partial charge in [0, 0.05) is 11.0 Å². The van der Waals surface area contributed by atoms with Gasteiger partial charge in [-0.25, -0.2) is 4.98 Å². The van der Waals surface area contributed by atoms with Crippen LogP contribution in [0.15, 0.2) is 11.1 Å². The van der Waals surface area contributed by atoms with Crippen LogP contribution in [0, 0.1) is 0 Å². The molecule has 0 amide bonds. The SMILES string of the molecule is C=C(Br)CNc1nnc(CC)c(CC)n1.